The van der Waals surface area contributed by atoms with Gasteiger partial charge in [0.05, 0.1) is 5.25 Å². The minimum Gasteiger partial charge on any atom is -0.351 e. The van der Waals surface area contributed by atoms with Crippen LogP contribution in [0.2, 0.25) is 0 Å². The van der Waals surface area contributed by atoms with E-state index < -0.39 is 9.84 Å². The van der Waals surface area contributed by atoms with Crippen LogP contribution in [0.4, 0.5) is 11.8 Å². The van der Waals surface area contributed by atoms with Crippen molar-refractivity contribution in [3.8, 4) is 0 Å². The zero-order valence-corrected chi connectivity index (χ0v) is 17.9. The van der Waals surface area contributed by atoms with E-state index in [2.05, 4.69) is 33.9 Å². The standard InChI is InChI=1S/C22H30N4O2S/c1-15-5-6-16-14-23-21(24-17-7-9-18(10-8-17)29(2,27)28)25-20(16)26(15)19-4-3-11-22(19)12-13-22/h5-6,14,17-19H,1,3-4,7-13H2,2H3,(H,23,24,25)/t17?,18?,19-/m0/s1. The van der Waals surface area contributed by atoms with Gasteiger partial charge in [0.15, 0.2) is 0 Å². The highest BCUT2D eigenvalue weighted by Crippen LogP contribution is 2.60. The molecule has 5 rings (SSSR count). The van der Waals surface area contributed by atoms with Crippen molar-refractivity contribution in [1.82, 2.24) is 9.97 Å². The molecule has 1 aliphatic heterocycles. The summed E-state index contributed by atoms with van der Waals surface area (Å²) < 4.78 is 23.6. The number of sulfone groups is 1. The molecule has 1 N–H and O–H groups in total. The van der Waals surface area contributed by atoms with Crippen molar-refractivity contribution in [1.29, 1.82) is 0 Å². The molecule has 7 heteroatoms. The Morgan fingerprint density at radius 1 is 1.14 bits per heavy atom. The van der Waals surface area contributed by atoms with Gasteiger partial charge in [-0.2, -0.15) is 4.98 Å². The molecule has 3 saturated carbocycles. The Hall–Kier alpha value is -1.89. The zero-order chi connectivity index (χ0) is 20.2. The van der Waals surface area contributed by atoms with E-state index in [1.807, 2.05) is 6.20 Å². The van der Waals surface area contributed by atoms with Crippen LogP contribution in [0.1, 0.15) is 63.4 Å². The Morgan fingerprint density at radius 3 is 2.59 bits per heavy atom. The van der Waals surface area contributed by atoms with Crippen molar-refractivity contribution >= 4 is 27.7 Å². The average Bonchev–Trinajstić information content (AvgIpc) is 3.35. The van der Waals surface area contributed by atoms with E-state index in [0.29, 0.717) is 30.2 Å². The summed E-state index contributed by atoms with van der Waals surface area (Å²) in [6.45, 7) is 4.31. The first kappa shape index (κ1) is 19.1. The van der Waals surface area contributed by atoms with Crippen LogP contribution < -0.4 is 10.2 Å². The molecule has 3 fully saturated rings. The largest absolute Gasteiger partial charge is 0.351 e. The minimum absolute atomic E-state index is 0.203. The first-order valence-corrected chi connectivity index (χ1v) is 12.8. The first-order chi connectivity index (χ1) is 13.9. The van der Waals surface area contributed by atoms with Crippen LogP contribution in [0, 0.1) is 5.41 Å². The summed E-state index contributed by atoms with van der Waals surface area (Å²) >= 11 is 0. The van der Waals surface area contributed by atoms with E-state index in [-0.39, 0.29) is 11.3 Å². The molecule has 4 aliphatic rings. The summed E-state index contributed by atoms with van der Waals surface area (Å²) in [5.41, 5.74) is 2.54. The quantitative estimate of drug-likeness (QED) is 0.805. The van der Waals surface area contributed by atoms with Gasteiger partial charge in [0, 0.05) is 35.8 Å². The fourth-order valence-electron chi connectivity index (χ4n) is 5.60. The van der Waals surface area contributed by atoms with Crippen LogP contribution in [-0.2, 0) is 9.84 Å². The van der Waals surface area contributed by atoms with Crippen LogP contribution >= 0.6 is 0 Å². The molecule has 0 aromatic carbocycles. The maximum atomic E-state index is 11.8. The number of hydrogen-bond donors (Lipinski definition) is 1. The van der Waals surface area contributed by atoms with Gasteiger partial charge in [-0.3, -0.25) is 0 Å². The Bertz CT molecular complexity index is 959. The lowest BCUT2D eigenvalue weighted by Crippen LogP contribution is -2.40. The molecule has 0 saturated heterocycles. The predicted octanol–water partition coefficient (Wildman–Crippen LogP) is 3.92. The summed E-state index contributed by atoms with van der Waals surface area (Å²) in [7, 11) is -2.95. The molecule has 1 atom stereocenters. The van der Waals surface area contributed by atoms with E-state index >= 15 is 0 Å². The van der Waals surface area contributed by atoms with Crippen LogP contribution in [-0.4, -0.2) is 42.0 Å². The molecule has 0 bridgehead atoms. The Balaban J connectivity index is 1.35. The van der Waals surface area contributed by atoms with E-state index in [0.717, 1.165) is 29.9 Å². The number of fused-ring (bicyclic) bond motifs is 1. The molecule has 0 amide bonds. The molecule has 2 heterocycles. The lowest BCUT2D eigenvalue weighted by atomic mass is 9.95. The SMILES string of the molecule is C=C1C=Cc2cnc(NC3CCC(S(C)(=O)=O)CC3)nc2N1[C@H]1CCCC12CC2. The monoisotopic (exact) mass is 414 g/mol. The summed E-state index contributed by atoms with van der Waals surface area (Å²) in [6, 6.07) is 0.717. The third-order valence-electron chi connectivity index (χ3n) is 7.46. The average molecular weight is 415 g/mol. The number of nitrogens with one attached hydrogen (secondary N) is 1. The number of nitrogens with zero attached hydrogens (tertiary/aromatic N) is 3. The fourth-order valence-corrected chi connectivity index (χ4v) is 6.73. The topological polar surface area (TPSA) is 75.2 Å². The van der Waals surface area contributed by atoms with Crippen LogP contribution in [0.25, 0.3) is 6.08 Å². The number of aromatic nitrogens is 2. The van der Waals surface area contributed by atoms with Crippen molar-refractivity contribution in [3.05, 3.63) is 30.1 Å². The molecule has 156 valence electrons. The number of anilines is 2. The van der Waals surface area contributed by atoms with Gasteiger partial charge in [-0.25, -0.2) is 13.4 Å². The van der Waals surface area contributed by atoms with Crippen molar-refractivity contribution in [3.63, 3.8) is 0 Å². The van der Waals surface area contributed by atoms with Crippen LogP contribution in [0.15, 0.2) is 24.5 Å². The van der Waals surface area contributed by atoms with E-state index in [1.165, 1.54) is 38.4 Å². The van der Waals surface area contributed by atoms with Gasteiger partial charge >= 0.3 is 0 Å². The summed E-state index contributed by atoms with van der Waals surface area (Å²) in [4.78, 5) is 11.8. The molecule has 3 aliphatic carbocycles. The smallest absolute Gasteiger partial charge is 0.224 e. The third kappa shape index (κ3) is 3.47. The van der Waals surface area contributed by atoms with Crippen molar-refractivity contribution in [2.24, 2.45) is 5.41 Å². The molecule has 1 aromatic heterocycles. The Kier molecular flexibility index (Phi) is 4.49. The molecule has 1 aromatic rings. The number of hydrogen-bond acceptors (Lipinski definition) is 6. The maximum absolute atomic E-state index is 11.8. The van der Waals surface area contributed by atoms with E-state index in [4.69, 9.17) is 4.98 Å². The second-order valence-corrected chi connectivity index (χ2v) is 11.7. The van der Waals surface area contributed by atoms with Crippen LogP contribution in [0.3, 0.4) is 0 Å². The fraction of sp³-hybridized carbons (Fsp3) is 0.636. The normalized spacial score (nSPS) is 30.4. The van der Waals surface area contributed by atoms with Crippen molar-refractivity contribution < 1.29 is 8.42 Å². The summed E-state index contributed by atoms with van der Waals surface area (Å²) in [6.07, 6.45) is 16.9. The lowest BCUT2D eigenvalue weighted by molar-refractivity contribution is 0.445. The molecular formula is C22H30N4O2S. The highest BCUT2D eigenvalue weighted by atomic mass is 32.2. The van der Waals surface area contributed by atoms with Gasteiger partial charge in [0.2, 0.25) is 5.95 Å². The van der Waals surface area contributed by atoms with Crippen molar-refractivity contribution in [2.75, 3.05) is 16.5 Å². The second-order valence-electron chi connectivity index (χ2n) is 9.39. The van der Waals surface area contributed by atoms with Gasteiger partial charge < -0.3 is 10.2 Å². The van der Waals surface area contributed by atoms with Crippen molar-refractivity contribution in [2.45, 2.75) is 75.1 Å². The summed E-state index contributed by atoms with van der Waals surface area (Å²) in [5, 5.41) is 3.27. The van der Waals surface area contributed by atoms with Gasteiger partial charge in [-0.1, -0.05) is 13.0 Å². The molecule has 0 radical (unpaired) electrons. The van der Waals surface area contributed by atoms with Gasteiger partial charge in [-0.15, -0.1) is 0 Å². The molecular weight excluding hydrogens is 384 g/mol. The van der Waals surface area contributed by atoms with E-state index in [1.54, 1.807) is 0 Å². The predicted molar refractivity (Wildman–Crippen MR) is 117 cm³/mol. The maximum Gasteiger partial charge on any atom is 0.224 e. The summed E-state index contributed by atoms with van der Waals surface area (Å²) in [5.74, 6) is 1.61. The van der Waals surface area contributed by atoms with Crippen LogP contribution in [0.5, 0.6) is 0 Å². The molecule has 6 nitrogen and oxygen atoms in total. The highest BCUT2D eigenvalue weighted by molar-refractivity contribution is 7.91. The Morgan fingerprint density at radius 2 is 1.90 bits per heavy atom. The highest BCUT2D eigenvalue weighted by Gasteiger charge is 2.55. The van der Waals surface area contributed by atoms with E-state index in [9.17, 15) is 8.42 Å². The van der Waals surface area contributed by atoms with Gasteiger partial charge in [0.25, 0.3) is 0 Å². The van der Waals surface area contributed by atoms with Gasteiger partial charge in [0.1, 0.15) is 15.7 Å². The number of rotatable bonds is 4. The first-order valence-electron chi connectivity index (χ1n) is 10.8. The van der Waals surface area contributed by atoms with Gasteiger partial charge in [-0.05, 0) is 68.9 Å². The third-order valence-corrected chi connectivity index (χ3v) is 9.15. The Labute approximate surface area is 173 Å². The zero-order valence-electron chi connectivity index (χ0n) is 17.1. The molecule has 1 spiro atoms. The minimum atomic E-state index is -2.95. The second kappa shape index (κ2) is 6.83. The molecule has 29 heavy (non-hydrogen) atoms. The lowest BCUT2D eigenvalue weighted by Gasteiger charge is -2.37. The molecule has 0 unspecified atom stereocenters. The number of allylic oxidation sites excluding steroid dienone is 1.